The zero-order valence-electron chi connectivity index (χ0n) is 22.3. The number of halogens is 5. The predicted octanol–water partition coefficient (Wildman–Crippen LogP) is 1.33. The predicted molar refractivity (Wildman–Crippen MR) is 143 cm³/mol. The molecule has 40 heavy (non-hydrogen) atoms. The van der Waals surface area contributed by atoms with Crippen molar-refractivity contribution in [2.24, 2.45) is 23.7 Å². The van der Waals surface area contributed by atoms with Crippen LogP contribution in [0.2, 0.25) is 0 Å². The molecule has 0 aromatic rings. The molecule has 15 heteroatoms. The number of ether oxygens (including phenoxy) is 1. The van der Waals surface area contributed by atoms with Gasteiger partial charge in [-0.25, -0.2) is 8.78 Å². The summed E-state index contributed by atoms with van der Waals surface area (Å²) in [6, 6.07) is -0.314. The Labute approximate surface area is 241 Å². The molecule has 0 radical (unpaired) electrons. The van der Waals surface area contributed by atoms with Crippen LogP contribution in [0.3, 0.4) is 0 Å². The lowest BCUT2D eigenvalue weighted by Gasteiger charge is -2.45. The Bertz CT molecular complexity index is 893. The second-order valence-electron chi connectivity index (χ2n) is 11.8. The molecule has 11 atom stereocenters. The number of hydrogen-bond acceptors (Lipinski definition) is 8. The number of alkyl halides is 5. The van der Waals surface area contributed by atoms with E-state index in [1.54, 1.807) is 16.7 Å². The monoisotopic (exact) mass is 614 g/mol. The Morgan fingerprint density at radius 3 is 2.50 bits per heavy atom. The highest BCUT2D eigenvalue weighted by molar-refractivity contribution is 8.00. The summed E-state index contributed by atoms with van der Waals surface area (Å²) in [5.41, 5.74) is -0.335. The fourth-order valence-corrected chi connectivity index (χ4v) is 8.65. The molecule has 5 rings (SSSR count). The number of likely N-dealkylation sites (tertiary alicyclic amines) is 1. The lowest BCUT2D eigenvalue weighted by Crippen LogP contribution is -2.58. The summed E-state index contributed by atoms with van der Waals surface area (Å²) in [6.45, 7) is 1.03. The Morgan fingerprint density at radius 2 is 1.82 bits per heavy atom. The second kappa shape index (κ2) is 13.2. The average Bonchev–Trinajstić information content (AvgIpc) is 3.48. The van der Waals surface area contributed by atoms with Crippen LogP contribution in [0, 0.1) is 23.7 Å². The van der Waals surface area contributed by atoms with E-state index >= 15 is 0 Å². The minimum Gasteiger partial charge on any atom is -0.339 e. The van der Waals surface area contributed by atoms with Crippen LogP contribution in [0.5, 0.6) is 0 Å². The molecule has 5 fully saturated rings. The third kappa shape index (κ3) is 7.00. The van der Waals surface area contributed by atoms with Crippen molar-refractivity contribution in [3.05, 3.63) is 0 Å². The number of amides is 2. The van der Waals surface area contributed by atoms with Crippen molar-refractivity contribution in [3.8, 4) is 0 Å². The van der Waals surface area contributed by atoms with Crippen LogP contribution in [-0.4, -0.2) is 103 Å². The molecule has 0 saturated carbocycles. The smallest absolute Gasteiger partial charge is 0.339 e. The maximum absolute atomic E-state index is 13.5. The van der Waals surface area contributed by atoms with Crippen molar-refractivity contribution in [1.82, 2.24) is 31.5 Å². The summed E-state index contributed by atoms with van der Waals surface area (Å²) in [5.74, 6) is -1.90. The van der Waals surface area contributed by atoms with Crippen molar-refractivity contribution in [3.63, 3.8) is 0 Å². The van der Waals surface area contributed by atoms with E-state index in [0.717, 1.165) is 0 Å². The summed E-state index contributed by atoms with van der Waals surface area (Å²) in [7, 11) is 0. The number of nitrogens with zero attached hydrogens (tertiary/aromatic N) is 1. The average molecular weight is 615 g/mol. The summed E-state index contributed by atoms with van der Waals surface area (Å²) >= 11 is 7.95. The van der Waals surface area contributed by atoms with Gasteiger partial charge in [0.2, 0.25) is 18.2 Å². The quantitative estimate of drug-likeness (QED) is 0.216. The van der Waals surface area contributed by atoms with Gasteiger partial charge in [-0.3, -0.25) is 20.2 Å². The molecule has 11 unspecified atom stereocenters. The van der Waals surface area contributed by atoms with Gasteiger partial charge in [-0.05, 0) is 38.5 Å². The van der Waals surface area contributed by atoms with Crippen LogP contribution < -0.4 is 26.6 Å². The Kier molecular flexibility index (Phi) is 10.1. The van der Waals surface area contributed by atoms with Gasteiger partial charge in [-0.1, -0.05) is 0 Å². The van der Waals surface area contributed by atoms with Gasteiger partial charge in [-0.2, -0.15) is 8.78 Å². The molecule has 0 aromatic heterocycles. The van der Waals surface area contributed by atoms with Gasteiger partial charge >= 0.3 is 6.61 Å². The number of carbonyl (C=O) groups excluding carboxylic acids is 2. The molecule has 9 nitrogen and oxygen atoms in total. The van der Waals surface area contributed by atoms with Gasteiger partial charge in [0.05, 0.1) is 12.0 Å². The van der Waals surface area contributed by atoms with E-state index in [9.17, 15) is 27.2 Å². The molecule has 5 aliphatic heterocycles. The highest BCUT2D eigenvalue weighted by atomic mass is 35.5. The molecule has 5 heterocycles. The minimum absolute atomic E-state index is 0.000302. The van der Waals surface area contributed by atoms with E-state index in [4.69, 9.17) is 16.3 Å². The third-order valence-electron chi connectivity index (χ3n) is 9.06. The first-order chi connectivity index (χ1) is 19.1. The highest BCUT2D eigenvalue weighted by Crippen LogP contribution is 2.39. The van der Waals surface area contributed by atoms with Gasteiger partial charge in [0.15, 0.2) is 0 Å². The zero-order valence-corrected chi connectivity index (χ0v) is 23.9. The topological polar surface area (TPSA) is 107 Å². The minimum atomic E-state index is -2.92. The van der Waals surface area contributed by atoms with Crippen LogP contribution in [0.25, 0.3) is 0 Å². The number of piperidine rings is 3. The first-order valence-corrected chi connectivity index (χ1v) is 15.5. The molecular weight excluding hydrogens is 576 g/mol. The van der Waals surface area contributed by atoms with Gasteiger partial charge in [0.25, 0.3) is 0 Å². The normalized spacial score (nSPS) is 42.3. The van der Waals surface area contributed by atoms with Crippen LogP contribution in [0.15, 0.2) is 0 Å². The van der Waals surface area contributed by atoms with Gasteiger partial charge < -0.3 is 25.6 Å². The SMILES string of the molecule is CC1CC(C2CC(Cl)CNC2OC(F)F)C(C(=O)NC2NC3CN(C(=O)C4CCC(C(F)F)CN4)CC3S2)CN1. The maximum atomic E-state index is 13.5. The van der Waals surface area contributed by atoms with Gasteiger partial charge in [-0.15, -0.1) is 23.4 Å². The molecule has 0 aliphatic carbocycles. The molecule has 0 bridgehead atoms. The summed E-state index contributed by atoms with van der Waals surface area (Å²) in [5, 5.41) is 15.7. The van der Waals surface area contributed by atoms with Gasteiger partial charge in [0, 0.05) is 67.3 Å². The molecular formula is C25H39ClF4N6O3S. The maximum Gasteiger partial charge on any atom is 0.346 e. The van der Waals surface area contributed by atoms with Crippen LogP contribution >= 0.6 is 23.4 Å². The van der Waals surface area contributed by atoms with E-state index in [2.05, 4.69) is 26.6 Å². The molecule has 228 valence electrons. The number of thioether (sulfide) groups is 1. The van der Waals surface area contributed by atoms with Crippen molar-refractivity contribution in [2.45, 2.75) is 86.1 Å². The first kappa shape index (κ1) is 30.6. The molecule has 0 spiro atoms. The molecule has 5 N–H and O–H groups in total. The number of carbonyl (C=O) groups is 2. The van der Waals surface area contributed by atoms with Crippen molar-refractivity contribution < 1.29 is 31.9 Å². The zero-order chi connectivity index (χ0) is 28.6. The number of rotatable bonds is 7. The Balaban J connectivity index is 1.14. The Hall–Kier alpha value is -0.900. The number of nitrogens with one attached hydrogen (secondary N) is 5. The number of fused-ring (bicyclic) bond motifs is 1. The van der Waals surface area contributed by atoms with Crippen molar-refractivity contribution in [1.29, 1.82) is 0 Å². The first-order valence-electron chi connectivity index (χ1n) is 14.2. The van der Waals surface area contributed by atoms with Crippen molar-refractivity contribution >= 4 is 35.2 Å². The summed E-state index contributed by atoms with van der Waals surface area (Å²) < 4.78 is 57.1. The standard InChI is InChI=1S/C25H39ClF4N6O3S/c1-11-4-14(15-5-13(26)7-33-22(15)39-24(29)30)16(8-31-11)21(37)35-25-34-18-9-36(10-19(18)40-25)23(38)17-3-2-12(6-32-17)20(27)28/h11-20,22,24-25,31-34H,2-10H2,1H3,(H,35,37). The van der Waals surface area contributed by atoms with Crippen LogP contribution in [-0.2, 0) is 14.3 Å². The molecule has 5 saturated heterocycles. The molecule has 2 amide bonds. The lowest BCUT2D eigenvalue weighted by molar-refractivity contribution is -0.199. The number of hydrogen-bond donors (Lipinski definition) is 5. The Morgan fingerprint density at radius 1 is 1.02 bits per heavy atom. The van der Waals surface area contributed by atoms with Gasteiger partial charge in [0.1, 0.15) is 11.7 Å². The largest absolute Gasteiger partial charge is 0.346 e. The van der Waals surface area contributed by atoms with Crippen LogP contribution in [0.4, 0.5) is 17.6 Å². The summed E-state index contributed by atoms with van der Waals surface area (Å²) in [6.07, 6.45) is -1.40. The second-order valence-corrected chi connectivity index (χ2v) is 13.7. The lowest BCUT2D eigenvalue weighted by atomic mass is 9.71. The molecule has 5 aliphatic rings. The fourth-order valence-electron chi connectivity index (χ4n) is 6.95. The third-order valence-corrected chi connectivity index (χ3v) is 10.7. The fraction of sp³-hybridized carbons (Fsp3) is 0.920. The van der Waals surface area contributed by atoms with E-state index in [1.165, 1.54) is 0 Å². The van der Waals surface area contributed by atoms with E-state index < -0.39 is 37.1 Å². The van der Waals surface area contributed by atoms with E-state index in [-0.39, 0.29) is 58.4 Å². The van der Waals surface area contributed by atoms with Crippen LogP contribution in [0.1, 0.15) is 32.6 Å². The highest BCUT2D eigenvalue weighted by Gasteiger charge is 2.48. The summed E-state index contributed by atoms with van der Waals surface area (Å²) in [4.78, 5) is 28.3. The van der Waals surface area contributed by atoms with Crippen molar-refractivity contribution in [2.75, 3.05) is 32.7 Å². The van der Waals surface area contributed by atoms with E-state index in [0.29, 0.717) is 51.9 Å². The molecule has 0 aromatic carbocycles. The van der Waals surface area contributed by atoms with E-state index in [1.807, 2.05) is 6.92 Å².